The average molecular weight is 632 g/mol. The maximum absolute atomic E-state index is 11.0. The monoisotopic (exact) mass is 631 g/mol. The molecule has 15 heteroatoms. The maximum atomic E-state index is 11.0. The molecule has 0 unspecified atom stereocenters. The second-order valence-electron chi connectivity index (χ2n) is 11.1. The standard InChI is InChI=1S/C30H35N9O4.CH2O2/c1-18(2)14-38(17-40)30-35-26(31-13-21(19-9-5-3-6-10-19)20-11-7-4-8-12-20)22-28(36-30)39(16-33-22)29-24(42)23(41)25(43-29)27-32-15-34-37-27;2-1-3/h3-12,15-16,18,21,23-25,29,40-42H,13-14,17H2,1-2H3,(H,31,35,36)(H,32,34,37);1H,(H,2,3)/t23-,24+,25-,29+;/m0./s1. The number of anilines is 2. The van der Waals surface area contributed by atoms with Gasteiger partial charge >= 0.3 is 0 Å². The summed E-state index contributed by atoms with van der Waals surface area (Å²) in [6.45, 7) is 4.57. The third-order valence-corrected chi connectivity index (χ3v) is 7.54. The zero-order valence-corrected chi connectivity index (χ0v) is 25.3. The second-order valence-corrected chi connectivity index (χ2v) is 11.1. The van der Waals surface area contributed by atoms with Crippen LogP contribution in [0.3, 0.4) is 0 Å². The van der Waals surface area contributed by atoms with Gasteiger partial charge in [-0.05, 0) is 17.0 Å². The first-order chi connectivity index (χ1) is 22.4. The van der Waals surface area contributed by atoms with Crippen molar-refractivity contribution in [1.82, 2.24) is 34.7 Å². The fourth-order valence-electron chi connectivity index (χ4n) is 5.46. The molecule has 15 nitrogen and oxygen atoms in total. The fraction of sp³-hybridized carbons (Fsp3) is 0.355. The molecule has 0 bridgehead atoms. The van der Waals surface area contributed by atoms with E-state index in [2.05, 4.69) is 49.7 Å². The van der Waals surface area contributed by atoms with Gasteiger partial charge in [0.05, 0.1) is 6.33 Å². The highest BCUT2D eigenvalue weighted by atomic mass is 16.6. The van der Waals surface area contributed by atoms with Crippen LogP contribution in [0.1, 0.15) is 49.0 Å². The first-order valence-electron chi connectivity index (χ1n) is 14.7. The summed E-state index contributed by atoms with van der Waals surface area (Å²) < 4.78 is 7.65. The first kappa shape index (κ1) is 32.4. The molecule has 1 fully saturated rings. The number of aliphatic hydroxyl groups excluding tert-OH is 3. The zero-order chi connectivity index (χ0) is 32.6. The van der Waals surface area contributed by atoms with E-state index in [0.29, 0.717) is 41.8 Å². The normalized spacial score (nSPS) is 19.3. The molecular formula is C31H37N9O6. The van der Waals surface area contributed by atoms with Gasteiger partial charge in [0.15, 0.2) is 29.0 Å². The Morgan fingerprint density at radius 2 is 1.67 bits per heavy atom. The van der Waals surface area contributed by atoms with Gasteiger partial charge < -0.3 is 35.4 Å². The lowest BCUT2D eigenvalue weighted by atomic mass is 9.91. The van der Waals surface area contributed by atoms with Gasteiger partial charge in [0, 0.05) is 19.0 Å². The van der Waals surface area contributed by atoms with Gasteiger partial charge in [-0.25, -0.2) is 9.97 Å². The van der Waals surface area contributed by atoms with Gasteiger partial charge in [0.2, 0.25) is 5.95 Å². The number of fused-ring (bicyclic) bond motifs is 1. The summed E-state index contributed by atoms with van der Waals surface area (Å²) in [5, 5.41) is 48.9. The molecule has 242 valence electrons. The number of aromatic nitrogens is 7. The van der Waals surface area contributed by atoms with Crippen molar-refractivity contribution >= 4 is 29.4 Å². The van der Waals surface area contributed by atoms with E-state index in [-0.39, 0.29) is 25.0 Å². The van der Waals surface area contributed by atoms with E-state index in [4.69, 9.17) is 24.6 Å². The highest BCUT2D eigenvalue weighted by molar-refractivity contribution is 5.84. The number of hydrogen-bond donors (Lipinski definition) is 6. The van der Waals surface area contributed by atoms with Gasteiger partial charge in [0.25, 0.3) is 6.47 Å². The van der Waals surface area contributed by atoms with E-state index in [1.165, 1.54) is 12.7 Å². The number of carbonyl (C=O) groups is 1. The molecule has 2 aromatic carbocycles. The molecule has 3 aromatic heterocycles. The van der Waals surface area contributed by atoms with Gasteiger partial charge in [-0.15, -0.1) is 0 Å². The third-order valence-electron chi connectivity index (χ3n) is 7.54. The summed E-state index contributed by atoms with van der Waals surface area (Å²) in [7, 11) is 0. The van der Waals surface area contributed by atoms with Crippen LogP contribution < -0.4 is 10.2 Å². The smallest absolute Gasteiger partial charge is 0.290 e. The molecule has 0 radical (unpaired) electrons. The molecule has 4 atom stereocenters. The van der Waals surface area contributed by atoms with Crippen molar-refractivity contribution in [2.24, 2.45) is 5.92 Å². The van der Waals surface area contributed by atoms with Crippen LogP contribution in [0.5, 0.6) is 0 Å². The van der Waals surface area contributed by atoms with Gasteiger partial charge in [-0.1, -0.05) is 74.5 Å². The molecule has 6 N–H and O–H groups in total. The minimum Gasteiger partial charge on any atom is -0.483 e. The second kappa shape index (κ2) is 14.9. The van der Waals surface area contributed by atoms with Gasteiger partial charge in [-0.2, -0.15) is 15.1 Å². The van der Waals surface area contributed by atoms with E-state index in [1.807, 2.05) is 50.2 Å². The number of hydrogen-bond acceptors (Lipinski definition) is 12. The Morgan fingerprint density at radius 1 is 1.02 bits per heavy atom. The number of nitrogens with one attached hydrogen (secondary N) is 2. The Labute approximate surface area is 264 Å². The van der Waals surface area contributed by atoms with Crippen LogP contribution in [0.2, 0.25) is 0 Å². The SMILES string of the molecule is CC(C)CN(CO)c1nc(NCC(c2ccccc2)c2ccccc2)c2ncn([C@@H]3O[C@H](c4ncn[nH]4)[C@@H](O)[C@H]3O)c2n1.O=CO. The lowest BCUT2D eigenvalue weighted by molar-refractivity contribution is -0.122. The zero-order valence-electron chi connectivity index (χ0n) is 25.3. The summed E-state index contributed by atoms with van der Waals surface area (Å²) in [6, 6.07) is 20.5. The fourth-order valence-corrected chi connectivity index (χ4v) is 5.46. The predicted molar refractivity (Wildman–Crippen MR) is 168 cm³/mol. The number of ether oxygens (including phenoxy) is 1. The van der Waals surface area contributed by atoms with Crippen LogP contribution in [0.25, 0.3) is 11.2 Å². The maximum Gasteiger partial charge on any atom is 0.290 e. The van der Waals surface area contributed by atoms with Crippen LogP contribution in [-0.2, 0) is 9.53 Å². The molecule has 4 heterocycles. The van der Waals surface area contributed by atoms with Crippen molar-refractivity contribution in [3.63, 3.8) is 0 Å². The molecule has 0 amide bonds. The molecular weight excluding hydrogens is 594 g/mol. The number of carboxylic acid groups (broad SMARTS) is 1. The molecule has 1 saturated heterocycles. The Morgan fingerprint density at radius 3 is 2.24 bits per heavy atom. The number of rotatable bonds is 11. The Bertz CT molecular complexity index is 1630. The first-order valence-corrected chi connectivity index (χ1v) is 14.7. The van der Waals surface area contributed by atoms with Crippen LogP contribution in [0.4, 0.5) is 11.8 Å². The van der Waals surface area contributed by atoms with Crippen molar-refractivity contribution in [3.05, 3.63) is 90.3 Å². The molecule has 1 aliphatic heterocycles. The van der Waals surface area contributed by atoms with Crippen molar-refractivity contribution in [2.45, 2.75) is 44.3 Å². The quantitative estimate of drug-likeness (QED) is 0.0915. The number of H-pyrrole nitrogens is 1. The molecule has 46 heavy (non-hydrogen) atoms. The number of aliphatic hydroxyl groups is 3. The Balaban J connectivity index is 0.00000134. The van der Waals surface area contributed by atoms with Crippen LogP contribution in [0, 0.1) is 5.92 Å². The minimum atomic E-state index is -1.30. The lowest BCUT2D eigenvalue weighted by Crippen LogP contribution is -2.31. The Hall–Kier alpha value is -4.96. The largest absolute Gasteiger partial charge is 0.483 e. The summed E-state index contributed by atoms with van der Waals surface area (Å²) in [5.74, 6) is 1.31. The van der Waals surface area contributed by atoms with E-state index in [0.717, 1.165) is 11.1 Å². The molecule has 5 aromatic rings. The van der Waals surface area contributed by atoms with E-state index in [9.17, 15) is 15.3 Å². The number of aromatic amines is 1. The summed E-state index contributed by atoms with van der Waals surface area (Å²) in [4.78, 5) is 28.3. The van der Waals surface area contributed by atoms with Gasteiger partial charge in [-0.3, -0.25) is 14.5 Å². The molecule has 6 rings (SSSR count). The van der Waals surface area contributed by atoms with Gasteiger partial charge in [0.1, 0.15) is 31.4 Å². The average Bonchev–Trinajstić information content (AvgIpc) is 3.81. The Kier molecular flexibility index (Phi) is 10.5. The van der Waals surface area contributed by atoms with Crippen molar-refractivity contribution in [2.75, 3.05) is 30.0 Å². The van der Waals surface area contributed by atoms with Crippen LogP contribution >= 0.6 is 0 Å². The van der Waals surface area contributed by atoms with Crippen LogP contribution in [-0.4, -0.2) is 93.6 Å². The highest BCUT2D eigenvalue weighted by Gasteiger charge is 2.46. The summed E-state index contributed by atoms with van der Waals surface area (Å²) in [6.07, 6.45) is -1.68. The molecule has 0 aliphatic carbocycles. The van der Waals surface area contributed by atoms with Crippen molar-refractivity contribution in [1.29, 1.82) is 0 Å². The van der Waals surface area contributed by atoms with E-state index >= 15 is 0 Å². The number of imidazole rings is 1. The van der Waals surface area contributed by atoms with Crippen LogP contribution in [0.15, 0.2) is 73.3 Å². The topological polar surface area (TPSA) is 208 Å². The molecule has 1 aliphatic rings. The summed E-state index contributed by atoms with van der Waals surface area (Å²) >= 11 is 0. The van der Waals surface area contributed by atoms with Crippen molar-refractivity contribution in [3.8, 4) is 0 Å². The predicted octanol–water partition coefficient (Wildman–Crippen LogP) is 2.29. The minimum absolute atomic E-state index is 0.0142. The van der Waals surface area contributed by atoms with E-state index < -0.39 is 24.5 Å². The third kappa shape index (κ3) is 6.97. The highest BCUT2D eigenvalue weighted by Crippen LogP contribution is 2.39. The number of nitrogens with zero attached hydrogens (tertiary/aromatic N) is 7. The lowest BCUT2D eigenvalue weighted by Gasteiger charge is -2.24. The van der Waals surface area contributed by atoms with E-state index in [1.54, 1.807) is 9.47 Å². The number of benzene rings is 2. The molecule has 0 spiro atoms. The van der Waals surface area contributed by atoms with Crippen molar-refractivity contribution < 1.29 is 30.0 Å². The summed E-state index contributed by atoms with van der Waals surface area (Å²) in [5.41, 5.74) is 3.12. The molecule has 0 saturated carbocycles.